The lowest BCUT2D eigenvalue weighted by molar-refractivity contribution is 0.0664. The maximum absolute atomic E-state index is 13.2. The molecule has 0 atom stereocenters. The number of benzene rings is 2. The number of H-pyrrole nitrogens is 1. The Morgan fingerprint density at radius 3 is 2.62 bits per heavy atom. The normalized spacial score (nSPS) is 16.7. The van der Waals surface area contributed by atoms with Crippen LogP contribution >= 0.6 is 0 Å². The maximum atomic E-state index is 13.2. The van der Waals surface area contributed by atoms with Gasteiger partial charge in [0, 0.05) is 48.1 Å². The number of carbonyl (C=O) groups excluding carboxylic acids is 1. The van der Waals surface area contributed by atoms with E-state index >= 15 is 0 Å². The molecular weight excluding hydrogens is 426 g/mol. The molecule has 3 heterocycles. The molecule has 1 amide bonds. The third-order valence-electron chi connectivity index (χ3n) is 7.38. The van der Waals surface area contributed by atoms with E-state index in [4.69, 9.17) is 9.72 Å². The number of nitrogens with zero attached hydrogens (tertiary/aromatic N) is 4. The minimum Gasteiger partial charge on any atom is -0.496 e. The van der Waals surface area contributed by atoms with Crippen LogP contribution in [0.4, 0.5) is 0 Å². The van der Waals surface area contributed by atoms with Crippen LogP contribution in [0.5, 0.6) is 5.75 Å². The van der Waals surface area contributed by atoms with Crippen LogP contribution in [-0.4, -0.2) is 71.2 Å². The van der Waals surface area contributed by atoms with Crippen LogP contribution in [0.25, 0.3) is 33.1 Å². The van der Waals surface area contributed by atoms with Crippen molar-refractivity contribution >= 4 is 27.7 Å². The molecule has 7 nitrogen and oxygen atoms in total. The van der Waals surface area contributed by atoms with Gasteiger partial charge < -0.3 is 14.5 Å². The summed E-state index contributed by atoms with van der Waals surface area (Å²) in [7, 11) is 3.76. The number of pyridine rings is 1. The average Bonchev–Trinajstić information content (AvgIpc) is 3.37. The standard InChI is InChI=1S/C27H29N5O2/c1-31-11-13-32(14-12-31)27(33)17-7-8-20(24(15-17)34-2)26-19-6-4-3-5-18(19)25-21-16-28-30-22(21)9-10-23(25)29-26/h7-10,15-16H,3-6,11-14H2,1-2H3,(H,28,30). The Morgan fingerprint density at radius 1 is 1.03 bits per heavy atom. The molecule has 0 bridgehead atoms. The van der Waals surface area contributed by atoms with E-state index in [9.17, 15) is 4.79 Å². The fraction of sp³-hybridized carbons (Fsp3) is 0.370. The topological polar surface area (TPSA) is 74.3 Å². The van der Waals surface area contributed by atoms with Crippen molar-refractivity contribution in [2.45, 2.75) is 25.7 Å². The van der Waals surface area contributed by atoms with E-state index < -0.39 is 0 Å². The van der Waals surface area contributed by atoms with Gasteiger partial charge in [-0.15, -0.1) is 0 Å². The van der Waals surface area contributed by atoms with E-state index in [1.807, 2.05) is 35.4 Å². The lowest BCUT2D eigenvalue weighted by atomic mass is 9.85. The number of hydrogen-bond donors (Lipinski definition) is 1. The molecule has 0 spiro atoms. The summed E-state index contributed by atoms with van der Waals surface area (Å²) in [5.41, 5.74) is 7.27. The van der Waals surface area contributed by atoms with Crippen molar-refractivity contribution in [2.24, 2.45) is 0 Å². The number of piperazine rings is 1. The number of nitrogens with one attached hydrogen (secondary N) is 1. The molecule has 1 N–H and O–H groups in total. The second-order valence-corrected chi connectivity index (χ2v) is 9.43. The molecule has 2 aromatic heterocycles. The molecule has 4 aromatic rings. The Kier molecular flexibility index (Phi) is 5.21. The number of methoxy groups -OCH3 is 1. The molecule has 1 saturated heterocycles. The van der Waals surface area contributed by atoms with Crippen molar-refractivity contribution in [3.05, 3.63) is 53.2 Å². The van der Waals surface area contributed by atoms with Crippen molar-refractivity contribution in [1.29, 1.82) is 0 Å². The van der Waals surface area contributed by atoms with Gasteiger partial charge in [-0.25, -0.2) is 4.98 Å². The van der Waals surface area contributed by atoms with E-state index in [0.29, 0.717) is 11.3 Å². The predicted molar refractivity (Wildman–Crippen MR) is 133 cm³/mol. The summed E-state index contributed by atoms with van der Waals surface area (Å²) in [6, 6.07) is 9.95. The summed E-state index contributed by atoms with van der Waals surface area (Å²) in [6.45, 7) is 3.30. The van der Waals surface area contributed by atoms with E-state index in [-0.39, 0.29) is 5.91 Å². The third kappa shape index (κ3) is 3.42. The first-order valence-electron chi connectivity index (χ1n) is 12.1. The number of likely N-dealkylation sites (N-methyl/N-ethyl adjacent to an activating group) is 1. The van der Waals surface area contributed by atoms with Crippen LogP contribution in [0.3, 0.4) is 0 Å². The lowest BCUT2D eigenvalue weighted by Gasteiger charge is -2.32. The molecule has 34 heavy (non-hydrogen) atoms. The van der Waals surface area contributed by atoms with Gasteiger partial charge in [-0.2, -0.15) is 5.10 Å². The van der Waals surface area contributed by atoms with Gasteiger partial charge in [-0.3, -0.25) is 9.89 Å². The minimum absolute atomic E-state index is 0.0637. The van der Waals surface area contributed by atoms with Crippen LogP contribution in [0, 0.1) is 0 Å². The fourth-order valence-electron chi connectivity index (χ4n) is 5.48. The molecule has 6 rings (SSSR count). The lowest BCUT2D eigenvalue weighted by Crippen LogP contribution is -2.47. The smallest absolute Gasteiger partial charge is 0.254 e. The summed E-state index contributed by atoms with van der Waals surface area (Å²) in [4.78, 5) is 22.5. The number of fused-ring (bicyclic) bond motifs is 5. The van der Waals surface area contributed by atoms with Crippen LogP contribution in [-0.2, 0) is 12.8 Å². The maximum Gasteiger partial charge on any atom is 0.254 e. The molecule has 2 aliphatic rings. The minimum atomic E-state index is 0.0637. The highest BCUT2D eigenvalue weighted by Crippen LogP contribution is 2.40. The van der Waals surface area contributed by atoms with E-state index in [1.54, 1.807) is 7.11 Å². The highest BCUT2D eigenvalue weighted by molar-refractivity contribution is 6.08. The SMILES string of the molecule is COc1cc(C(=O)N2CCN(C)CC2)ccc1-c1nc2ccc3[nH]ncc3c2c2c1CCCC2. The summed E-state index contributed by atoms with van der Waals surface area (Å²) < 4.78 is 5.82. The number of amides is 1. The first-order chi connectivity index (χ1) is 16.6. The van der Waals surface area contributed by atoms with Crippen LogP contribution in [0.15, 0.2) is 36.5 Å². The Labute approximate surface area is 198 Å². The first kappa shape index (κ1) is 21.1. The van der Waals surface area contributed by atoms with E-state index in [2.05, 4.69) is 28.2 Å². The molecule has 174 valence electrons. The summed E-state index contributed by atoms with van der Waals surface area (Å²) in [6.07, 6.45) is 6.26. The Hall–Kier alpha value is -3.45. The first-order valence-corrected chi connectivity index (χ1v) is 12.1. The number of aryl methyl sites for hydroxylation is 1. The van der Waals surface area contributed by atoms with Crippen molar-refractivity contribution < 1.29 is 9.53 Å². The molecule has 1 aliphatic heterocycles. The van der Waals surface area contributed by atoms with E-state index in [0.717, 1.165) is 73.1 Å². The number of rotatable bonds is 3. The van der Waals surface area contributed by atoms with Gasteiger partial charge in [0.2, 0.25) is 0 Å². The van der Waals surface area contributed by atoms with Crippen LogP contribution in [0.2, 0.25) is 0 Å². The molecule has 1 fully saturated rings. The zero-order valence-electron chi connectivity index (χ0n) is 19.7. The fourth-order valence-corrected chi connectivity index (χ4v) is 5.48. The molecular formula is C27H29N5O2. The molecule has 0 radical (unpaired) electrons. The zero-order chi connectivity index (χ0) is 23.2. The largest absolute Gasteiger partial charge is 0.496 e. The van der Waals surface area contributed by atoms with Crippen LogP contribution < -0.4 is 4.74 Å². The Morgan fingerprint density at radius 2 is 1.82 bits per heavy atom. The number of hydrogen-bond acceptors (Lipinski definition) is 5. The number of ether oxygens (including phenoxy) is 1. The van der Waals surface area contributed by atoms with Crippen molar-refractivity contribution in [2.75, 3.05) is 40.3 Å². The van der Waals surface area contributed by atoms with Gasteiger partial charge in [0.1, 0.15) is 5.75 Å². The van der Waals surface area contributed by atoms with Crippen molar-refractivity contribution in [3.63, 3.8) is 0 Å². The highest BCUT2D eigenvalue weighted by atomic mass is 16.5. The summed E-state index contributed by atoms with van der Waals surface area (Å²) in [5, 5.41) is 9.71. The molecule has 0 saturated carbocycles. The average molecular weight is 456 g/mol. The number of carbonyl (C=O) groups is 1. The number of aromatic amines is 1. The van der Waals surface area contributed by atoms with Gasteiger partial charge in [-0.1, -0.05) is 0 Å². The van der Waals surface area contributed by atoms with Gasteiger partial charge >= 0.3 is 0 Å². The Bertz CT molecular complexity index is 1400. The second-order valence-electron chi connectivity index (χ2n) is 9.43. The summed E-state index contributed by atoms with van der Waals surface area (Å²) in [5.74, 6) is 0.762. The molecule has 0 unspecified atom stereocenters. The predicted octanol–water partition coefficient (Wildman–Crippen LogP) is 4.05. The van der Waals surface area contributed by atoms with Gasteiger partial charge in [0.05, 0.1) is 30.0 Å². The van der Waals surface area contributed by atoms with Crippen molar-refractivity contribution in [3.8, 4) is 17.0 Å². The molecule has 2 aromatic carbocycles. The van der Waals surface area contributed by atoms with Gasteiger partial charge in [-0.05, 0) is 74.2 Å². The van der Waals surface area contributed by atoms with Gasteiger partial charge in [0.25, 0.3) is 5.91 Å². The van der Waals surface area contributed by atoms with Crippen molar-refractivity contribution in [1.82, 2.24) is 25.0 Å². The van der Waals surface area contributed by atoms with Crippen LogP contribution in [0.1, 0.15) is 34.3 Å². The zero-order valence-corrected chi connectivity index (χ0v) is 19.7. The molecule has 7 heteroatoms. The third-order valence-corrected chi connectivity index (χ3v) is 7.38. The quantitative estimate of drug-likeness (QED) is 0.504. The molecule has 1 aliphatic carbocycles. The van der Waals surface area contributed by atoms with E-state index in [1.165, 1.54) is 22.9 Å². The Balaban J connectivity index is 1.46. The van der Waals surface area contributed by atoms with Gasteiger partial charge in [0.15, 0.2) is 0 Å². The summed E-state index contributed by atoms with van der Waals surface area (Å²) >= 11 is 0. The highest BCUT2D eigenvalue weighted by Gasteiger charge is 2.25. The monoisotopic (exact) mass is 455 g/mol. The second kappa shape index (κ2) is 8.40. The number of aromatic nitrogens is 3.